The van der Waals surface area contributed by atoms with Crippen LogP contribution in [0.5, 0.6) is 0 Å². The molecule has 0 bridgehead atoms. The number of hydrogen-bond donors (Lipinski definition) is 2. The summed E-state index contributed by atoms with van der Waals surface area (Å²) >= 11 is 0. The first-order valence-electron chi connectivity index (χ1n) is 9.01. The van der Waals surface area contributed by atoms with Gasteiger partial charge in [0.1, 0.15) is 0 Å². The summed E-state index contributed by atoms with van der Waals surface area (Å²) in [6, 6.07) is 0.714. The topological polar surface area (TPSA) is 88.2 Å². The zero-order valence-corrected chi connectivity index (χ0v) is 15.9. The minimum absolute atomic E-state index is 0.178. The van der Waals surface area contributed by atoms with Gasteiger partial charge in [-0.25, -0.2) is 13.4 Å². The molecule has 0 aromatic carbocycles. The number of hydrogen-bond acceptors (Lipinski definition) is 4. The third-order valence-electron chi connectivity index (χ3n) is 4.47. The van der Waals surface area contributed by atoms with Crippen LogP contribution in [0.3, 0.4) is 0 Å². The summed E-state index contributed by atoms with van der Waals surface area (Å²) in [4.78, 5) is 16.0. The largest absolute Gasteiger partial charge is 0.417 e. The molecule has 6 nitrogen and oxygen atoms in total. The average molecular weight is 407 g/mol. The highest BCUT2D eigenvalue weighted by Gasteiger charge is 2.33. The Morgan fingerprint density at radius 1 is 1.26 bits per heavy atom. The van der Waals surface area contributed by atoms with Crippen molar-refractivity contribution in [2.24, 2.45) is 5.92 Å². The molecule has 2 N–H and O–H groups in total. The van der Waals surface area contributed by atoms with Gasteiger partial charge < -0.3 is 5.32 Å². The van der Waals surface area contributed by atoms with Gasteiger partial charge in [0, 0.05) is 12.1 Å². The Labute approximate surface area is 157 Å². The number of aromatic nitrogens is 1. The van der Waals surface area contributed by atoms with Crippen LogP contribution in [-0.4, -0.2) is 25.1 Å². The number of halogens is 3. The molecule has 10 heteroatoms. The minimum Gasteiger partial charge on any atom is -0.323 e. The summed E-state index contributed by atoms with van der Waals surface area (Å²) in [6.07, 6.45) is 1.06. The summed E-state index contributed by atoms with van der Waals surface area (Å²) < 4.78 is 65.4. The molecule has 27 heavy (non-hydrogen) atoms. The van der Waals surface area contributed by atoms with Gasteiger partial charge in [-0.3, -0.25) is 9.52 Å². The highest BCUT2D eigenvalue weighted by atomic mass is 32.2. The van der Waals surface area contributed by atoms with E-state index in [1.165, 1.54) is 0 Å². The van der Waals surface area contributed by atoms with Crippen LogP contribution >= 0.6 is 0 Å². The third kappa shape index (κ3) is 6.37. The lowest BCUT2D eigenvalue weighted by Crippen LogP contribution is -2.26. The number of pyridine rings is 1. The summed E-state index contributed by atoms with van der Waals surface area (Å²) in [5, 5.41) is 2.44. The van der Waals surface area contributed by atoms with Gasteiger partial charge in [-0.15, -0.1) is 0 Å². The molecule has 1 heterocycles. The van der Waals surface area contributed by atoms with E-state index in [4.69, 9.17) is 0 Å². The smallest absolute Gasteiger partial charge is 0.323 e. The fraction of sp³-hybridized carbons (Fsp3) is 0.647. The van der Waals surface area contributed by atoms with Gasteiger partial charge in [0.05, 0.1) is 17.0 Å². The molecule has 0 aliphatic heterocycles. The second kappa shape index (κ2) is 8.90. The van der Waals surface area contributed by atoms with Crippen molar-refractivity contribution in [3.05, 3.63) is 17.8 Å². The maximum Gasteiger partial charge on any atom is 0.417 e. The Balaban J connectivity index is 2.28. The van der Waals surface area contributed by atoms with E-state index >= 15 is 0 Å². The molecular formula is C17H24F3N3O3S. The van der Waals surface area contributed by atoms with Gasteiger partial charge >= 0.3 is 6.18 Å². The van der Waals surface area contributed by atoms with Crippen LogP contribution in [-0.2, 0) is 21.0 Å². The molecule has 0 atom stereocenters. The van der Waals surface area contributed by atoms with E-state index in [-0.39, 0.29) is 23.2 Å². The van der Waals surface area contributed by atoms with Gasteiger partial charge in [-0.2, -0.15) is 13.2 Å². The number of unbranched alkanes of at least 4 members (excludes halogenated alkanes) is 1. The zero-order chi connectivity index (χ0) is 20.1. The second-order valence-electron chi connectivity index (χ2n) is 6.72. The molecular weight excluding hydrogens is 383 g/mol. The van der Waals surface area contributed by atoms with Crippen molar-refractivity contribution >= 4 is 27.4 Å². The van der Waals surface area contributed by atoms with Gasteiger partial charge in [0.2, 0.25) is 15.9 Å². The highest BCUT2D eigenvalue weighted by molar-refractivity contribution is 7.92. The standard InChI is InChI=1S/C17H24F3N3O3S/c1-2-3-9-27(25,26)23-15-14(10-13(11-21-15)17(18,19)20)22-16(24)12-7-5-4-6-8-12/h10-12H,2-9H2,1H3,(H,21,23)(H,22,24). The Morgan fingerprint density at radius 3 is 2.52 bits per heavy atom. The van der Waals surface area contributed by atoms with Crippen LogP contribution in [0, 0.1) is 5.92 Å². The molecule has 1 aliphatic rings. The number of nitrogens with zero attached hydrogens (tertiary/aromatic N) is 1. The first-order chi connectivity index (χ1) is 12.6. The molecule has 1 saturated carbocycles. The number of amides is 1. The molecule has 1 aliphatic carbocycles. The lowest BCUT2D eigenvalue weighted by atomic mass is 9.88. The van der Waals surface area contributed by atoms with Gasteiger partial charge in [-0.1, -0.05) is 32.6 Å². The molecule has 1 aromatic heterocycles. The molecule has 0 spiro atoms. The summed E-state index contributed by atoms with van der Waals surface area (Å²) in [5.74, 6) is -1.19. The first-order valence-corrected chi connectivity index (χ1v) is 10.7. The quantitative estimate of drug-likeness (QED) is 0.710. The van der Waals surface area contributed by atoms with Crippen LogP contribution in [0.4, 0.5) is 24.7 Å². The Kier molecular flexibility index (Phi) is 7.07. The van der Waals surface area contributed by atoms with E-state index in [0.29, 0.717) is 37.9 Å². The van der Waals surface area contributed by atoms with Crippen LogP contribution in [0.25, 0.3) is 0 Å². The highest BCUT2D eigenvalue weighted by Crippen LogP contribution is 2.34. The number of anilines is 2. The lowest BCUT2D eigenvalue weighted by molar-refractivity contribution is -0.137. The monoisotopic (exact) mass is 407 g/mol. The van der Waals surface area contributed by atoms with Crippen molar-refractivity contribution in [3.8, 4) is 0 Å². The van der Waals surface area contributed by atoms with Crippen LogP contribution < -0.4 is 10.0 Å². The van der Waals surface area contributed by atoms with Crippen molar-refractivity contribution in [1.82, 2.24) is 4.98 Å². The number of carbonyl (C=O) groups is 1. The SMILES string of the molecule is CCCCS(=O)(=O)Nc1ncc(C(F)(F)F)cc1NC(=O)C1CCCCC1. The summed E-state index contributed by atoms with van der Waals surface area (Å²) in [6.45, 7) is 1.82. The zero-order valence-electron chi connectivity index (χ0n) is 15.1. The van der Waals surface area contributed by atoms with Gasteiger partial charge in [0.25, 0.3) is 0 Å². The molecule has 0 radical (unpaired) electrons. The van der Waals surface area contributed by atoms with E-state index in [1.807, 2.05) is 6.92 Å². The van der Waals surface area contributed by atoms with E-state index in [9.17, 15) is 26.4 Å². The molecule has 1 aromatic rings. The number of nitrogens with one attached hydrogen (secondary N) is 2. The predicted molar refractivity (Wildman–Crippen MR) is 96.8 cm³/mol. The molecule has 2 rings (SSSR count). The normalized spacial score (nSPS) is 16.1. The van der Waals surface area contributed by atoms with E-state index < -0.39 is 27.7 Å². The molecule has 1 fully saturated rings. The summed E-state index contributed by atoms with van der Waals surface area (Å²) in [5.41, 5.74) is -1.33. The lowest BCUT2D eigenvalue weighted by Gasteiger charge is -2.22. The van der Waals surface area contributed by atoms with E-state index in [2.05, 4.69) is 15.0 Å². The van der Waals surface area contributed by atoms with Crippen molar-refractivity contribution in [1.29, 1.82) is 0 Å². The van der Waals surface area contributed by atoms with E-state index in [1.54, 1.807) is 0 Å². The number of carbonyl (C=O) groups excluding carboxylic acids is 1. The second-order valence-corrected chi connectivity index (χ2v) is 8.56. The van der Waals surface area contributed by atoms with Gasteiger partial charge in [0.15, 0.2) is 5.82 Å². The van der Waals surface area contributed by atoms with Crippen LogP contribution in [0.15, 0.2) is 12.3 Å². The Bertz CT molecular complexity index is 760. The number of alkyl halides is 3. The fourth-order valence-electron chi connectivity index (χ4n) is 2.93. The minimum atomic E-state index is -4.66. The maximum absolute atomic E-state index is 13.0. The molecule has 0 saturated heterocycles. The number of rotatable bonds is 7. The van der Waals surface area contributed by atoms with Crippen molar-refractivity contribution in [3.63, 3.8) is 0 Å². The van der Waals surface area contributed by atoms with Gasteiger partial charge in [-0.05, 0) is 25.3 Å². The van der Waals surface area contributed by atoms with E-state index in [0.717, 1.165) is 19.3 Å². The molecule has 1 amide bonds. The fourth-order valence-corrected chi connectivity index (χ4v) is 4.16. The average Bonchev–Trinajstić information content (AvgIpc) is 2.61. The van der Waals surface area contributed by atoms with Crippen molar-refractivity contribution in [2.75, 3.05) is 15.8 Å². The first kappa shape index (κ1) is 21.5. The number of sulfonamides is 1. The van der Waals surface area contributed by atoms with Crippen molar-refractivity contribution in [2.45, 2.75) is 58.0 Å². The van der Waals surface area contributed by atoms with Crippen molar-refractivity contribution < 1.29 is 26.4 Å². The Hall–Kier alpha value is -1.84. The van der Waals surface area contributed by atoms with Crippen LogP contribution in [0.1, 0.15) is 57.4 Å². The van der Waals surface area contributed by atoms with Crippen LogP contribution in [0.2, 0.25) is 0 Å². The Morgan fingerprint density at radius 2 is 1.93 bits per heavy atom. The predicted octanol–water partition coefficient (Wildman–Crippen LogP) is 4.16. The summed E-state index contributed by atoms with van der Waals surface area (Å²) in [7, 11) is -3.77. The third-order valence-corrected chi connectivity index (χ3v) is 5.80. The molecule has 152 valence electrons. The molecule has 0 unspecified atom stereocenters. The maximum atomic E-state index is 13.0.